The van der Waals surface area contributed by atoms with Crippen molar-refractivity contribution in [1.29, 1.82) is 0 Å². The summed E-state index contributed by atoms with van der Waals surface area (Å²) in [5.74, 6) is 1.31. The molecule has 8 heteroatoms. The van der Waals surface area contributed by atoms with Gasteiger partial charge in [-0.05, 0) is 36.7 Å². The van der Waals surface area contributed by atoms with Crippen molar-refractivity contribution in [1.82, 2.24) is 24.0 Å². The minimum Gasteiger partial charge on any atom is -0.320 e. The highest BCUT2D eigenvalue weighted by molar-refractivity contribution is 7.90. The maximum Gasteiger partial charge on any atom is 0.216 e. The molecule has 1 aliphatic carbocycles. The molecule has 3 fully saturated rings. The second-order valence-corrected chi connectivity index (χ2v) is 11.2. The molecule has 0 N–H and O–H groups in total. The lowest BCUT2D eigenvalue weighted by Crippen LogP contribution is -2.47. The zero-order chi connectivity index (χ0) is 20.1. The summed E-state index contributed by atoms with van der Waals surface area (Å²) in [5, 5.41) is 8.46. The molecule has 3 aliphatic rings. The third-order valence-corrected chi connectivity index (χ3v) is 9.45. The largest absolute Gasteiger partial charge is 0.320 e. The molecule has 2 saturated heterocycles. The Hall–Kier alpha value is -1.77. The van der Waals surface area contributed by atoms with Gasteiger partial charge in [-0.15, -0.1) is 10.2 Å². The molecule has 0 amide bonds. The zero-order valence-corrected chi connectivity index (χ0v) is 17.8. The van der Waals surface area contributed by atoms with Gasteiger partial charge in [0.25, 0.3) is 0 Å². The third kappa shape index (κ3) is 3.51. The molecule has 1 saturated carbocycles. The van der Waals surface area contributed by atoms with E-state index in [1.54, 1.807) is 10.6 Å². The fourth-order valence-corrected chi connectivity index (χ4v) is 7.11. The second kappa shape index (κ2) is 7.18. The van der Waals surface area contributed by atoms with Crippen molar-refractivity contribution in [2.45, 2.75) is 43.4 Å². The van der Waals surface area contributed by atoms with Gasteiger partial charge in [-0.2, -0.15) is 0 Å². The van der Waals surface area contributed by atoms with E-state index in [9.17, 15) is 8.42 Å². The van der Waals surface area contributed by atoms with Crippen molar-refractivity contribution < 1.29 is 8.42 Å². The van der Waals surface area contributed by atoms with Gasteiger partial charge in [0, 0.05) is 45.7 Å². The number of piperidine rings is 1. The second-order valence-electron chi connectivity index (χ2n) is 9.01. The summed E-state index contributed by atoms with van der Waals surface area (Å²) in [5.41, 5.74) is 1.38. The molecule has 1 unspecified atom stereocenters. The molecule has 1 atom stereocenters. The van der Waals surface area contributed by atoms with Crippen LogP contribution in [-0.2, 0) is 23.6 Å². The van der Waals surface area contributed by atoms with E-state index in [0.717, 1.165) is 51.1 Å². The Morgan fingerprint density at radius 3 is 2.48 bits per heavy atom. The third-order valence-electron chi connectivity index (χ3n) is 7.05. The van der Waals surface area contributed by atoms with E-state index in [2.05, 4.69) is 39.4 Å². The van der Waals surface area contributed by atoms with E-state index in [4.69, 9.17) is 0 Å². The molecular formula is C21H29N5O2S. The summed E-state index contributed by atoms with van der Waals surface area (Å²) in [6, 6.07) is 10.6. The quantitative estimate of drug-likeness (QED) is 0.747. The number of aryl methyl sites for hydroxylation is 1. The molecule has 5 rings (SSSR count). The van der Waals surface area contributed by atoms with Crippen LogP contribution in [0.4, 0.5) is 0 Å². The number of sulfonamides is 1. The highest BCUT2D eigenvalue weighted by Gasteiger charge is 2.52. The van der Waals surface area contributed by atoms with Crippen molar-refractivity contribution in [3.8, 4) is 0 Å². The van der Waals surface area contributed by atoms with Crippen LogP contribution in [0.1, 0.15) is 43.0 Å². The summed E-state index contributed by atoms with van der Waals surface area (Å²) >= 11 is 0. The number of benzene rings is 1. The first-order valence-corrected chi connectivity index (χ1v) is 12.1. The maximum atomic E-state index is 12.7. The Bertz CT molecular complexity index is 962. The standard InChI is InChI=1S/C21H29N5O2S/c1-24-16-22-23-20(24)19-14-25(13-17-5-3-2-4-6-17)15-21(19)9-11-26(12-10-21)29(27,28)18-7-8-18/h2-6,16,18-19H,7-15H2,1H3. The molecule has 1 aromatic heterocycles. The van der Waals surface area contributed by atoms with E-state index in [1.807, 2.05) is 17.7 Å². The summed E-state index contributed by atoms with van der Waals surface area (Å²) in [7, 11) is -1.08. The lowest BCUT2D eigenvalue weighted by molar-refractivity contribution is 0.136. The summed E-state index contributed by atoms with van der Waals surface area (Å²) in [6.45, 7) is 4.10. The van der Waals surface area contributed by atoms with Crippen LogP contribution in [0, 0.1) is 5.41 Å². The first-order chi connectivity index (χ1) is 14.0. The first kappa shape index (κ1) is 19.2. The smallest absolute Gasteiger partial charge is 0.216 e. The van der Waals surface area contributed by atoms with Crippen LogP contribution in [0.3, 0.4) is 0 Å². The van der Waals surface area contributed by atoms with Gasteiger partial charge in [-0.3, -0.25) is 4.90 Å². The van der Waals surface area contributed by atoms with Crippen molar-refractivity contribution in [2.75, 3.05) is 26.2 Å². The highest BCUT2D eigenvalue weighted by Crippen LogP contribution is 2.50. The SMILES string of the molecule is Cn1cnnc1C1CN(Cc2ccccc2)CC12CCN(S(=O)(=O)C1CC1)CC2. The average Bonchev–Trinajstić information content (AvgIpc) is 3.43. The number of rotatable bonds is 5. The van der Waals surface area contributed by atoms with E-state index in [0.29, 0.717) is 13.1 Å². The van der Waals surface area contributed by atoms with Crippen molar-refractivity contribution in [3.63, 3.8) is 0 Å². The molecule has 3 heterocycles. The van der Waals surface area contributed by atoms with Crippen LogP contribution < -0.4 is 0 Å². The fourth-order valence-electron chi connectivity index (χ4n) is 5.27. The number of nitrogens with zero attached hydrogens (tertiary/aromatic N) is 5. The predicted octanol–water partition coefficient (Wildman–Crippen LogP) is 1.99. The van der Waals surface area contributed by atoms with Gasteiger partial charge in [-0.1, -0.05) is 30.3 Å². The predicted molar refractivity (Wildman–Crippen MR) is 111 cm³/mol. The van der Waals surface area contributed by atoms with Crippen LogP contribution >= 0.6 is 0 Å². The maximum absolute atomic E-state index is 12.7. The Kier molecular flexibility index (Phi) is 4.75. The van der Waals surface area contributed by atoms with E-state index in [1.165, 1.54) is 5.56 Å². The summed E-state index contributed by atoms with van der Waals surface area (Å²) < 4.78 is 29.2. The van der Waals surface area contributed by atoms with Gasteiger partial charge in [0.15, 0.2) is 0 Å². The van der Waals surface area contributed by atoms with Crippen LogP contribution in [-0.4, -0.2) is 63.8 Å². The monoisotopic (exact) mass is 415 g/mol. The Morgan fingerprint density at radius 1 is 1.14 bits per heavy atom. The van der Waals surface area contributed by atoms with Crippen LogP contribution in [0.2, 0.25) is 0 Å². The molecule has 156 valence electrons. The summed E-state index contributed by atoms with van der Waals surface area (Å²) in [6.07, 6.45) is 5.21. The van der Waals surface area contributed by atoms with Crippen LogP contribution in [0.25, 0.3) is 0 Å². The topological polar surface area (TPSA) is 71.3 Å². The Labute approximate surface area is 172 Å². The van der Waals surface area contributed by atoms with Crippen molar-refractivity contribution in [2.24, 2.45) is 12.5 Å². The lowest BCUT2D eigenvalue weighted by Gasteiger charge is -2.41. The van der Waals surface area contributed by atoms with Gasteiger partial charge in [0.05, 0.1) is 5.25 Å². The lowest BCUT2D eigenvalue weighted by atomic mass is 9.71. The normalized spacial score (nSPS) is 25.6. The molecule has 0 bridgehead atoms. The van der Waals surface area contributed by atoms with Gasteiger partial charge in [-0.25, -0.2) is 12.7 Å². The average molecular weight is 416 g/mol. The van der Waals surface area contributed by atoms with E-state index < -0.39 is 10.0 Å². The van der Waals surface area contributed by atoms with Gasteiger partial charge in [0.1, 0.15) is 12.2 Å². The first-order valence-electron chi connectivity index (χ1n) is 10.6. The van der Waals surface area contributed by atoms with Crippen molar-refractivity contribution >= 4 is 10.0 Å². The molecule has 1 aromatic carbocycles. The molecule has 0 radical (unpaired) electrons. The molecule has 2 aliphatic heterocycles. The molecule has 2 aromatic rings. The Morgan fingerprint density at radius 2 is 1.86 bits per heavy atom. The minimum absolute atomic E-state index is 0.0607. The van der Waals surface area contributed by atoms with Gasteiger partial charge >= 0.3 is 0 Å². The van der Waals surface area contributed by atoms with E-state index >= 15 is 0 Å². The minimum atomic E-state index is -3.09. The van der Waals surface area contributed by atoms with Crippen LogP contribution in [0.15, 0.2) is 36.7 Å². The molecular weight excluding hydrogens is 386 g/mol. The fraction of sp³-hybridized carbons (Fsp3) is 0.619. The highest BCUT2D eigenvalue weighted by atomic mass is 32.2. The van der Waals surface area contributed by atoms with Gasteiger partial charge in [0.2, 0.25) is 10.0 Å². The Balaban J connectivity index is 1.38. The number of likely N-dealkylation sites (tertiary alicyclic amines) is 1. The number of hydrogen-bond acceptors (Lipinski definition) is 5. The molecule has 29 heavy (non-hydrogen) atoms. The zero-order valence-electron chi connectivity index (χ0n) is 16.9. The van der Waals surface area contributed by atoms with Crippen LogP contribution in [0.5, 0.6) is 0 Å². The number of aromatic nitrogens is 3. The van der Waals surface area contributed by atoms with Gasteiger partial charge < -0.3 is 4.57 Å². The molecule has 1 spiro atoms. The van der Waals surface area contributed by atoms with Crippen molar-refractivity contribution in [3.05, 3.63) is 48.0 Å². The number of hydrogen-bond donors (Lipinski definition) is 0. The molecule has 7 nitrogen and oxygen atoms in total. The van der Waals surface area contributed by atoms with E-state index in [-0.39, 0.29) is 16.6 Å². The summed E-state index contributed by atoms with van der Waals surface area (Å²) in [4.78, 5) is 2.51.